The standard InChI is InChI=1S/CHF2IS/c2-1(4)5-3/h1H. The van der Waals surface area contributed by atoms with Gasteiger partial charge in [0.2, 0.25) is 3.51 Å². The molecular weight excluding hydrogens is 209 g/mol. The molecule has 0 aromatic carbocycles. The molecule has 1 atom stereocenters. The summed E-state index contributed by atoms with van der Waals surface area (Å²) in [6.45, 7) is 0. The van der Waals surface area contributed by atoms with Gasteiger partial charge in [-0.05, 0) is 22.6 Å². The normalized spacial score (nSPS) is 15.0. The monoisotopic (exact) mass is 210 g/mol. The van der Waals surface area contributed by atoms with Crippen molar-refractivity contribution in [2.45, 2.75) is 3.51 Å². The van der Waals surface area contributed by atoms with Gasteiger partial charge in [0.1, 0.15) is 0 Å². The molecular formula is CHF2IS. The van der Waals surface area contributed by atoms with Crippen molar-refractivity contribution in [3.63, 3.8) is 0 Å². The van der Waals surface area contributed by atoms with Crippen LogP contribution in [-0.2, 0) is 0 Å². The average molecular weight is 210 g/mol. The molecule has 5 heavy (non-hydrogen) atoms. The van der Waals surface area contributed by atoms with Crippen LogP contribution in [-0.4, -0.2) is 3.51 Å². The number of hydrogen-bond acceptors (Lipinski definition) is 1. The van der Waals surface area contributed by atoms with Crippen molar-refractivity contribution >= 4 is 34.7 Å². The van der Waals surface area contributed by atoms with E-state index in [1.54, 1.807) is 0 Å². The number of alkyl halides is 2. The number of rotatable bonds is 1. The van der Waals surface area contributed by atoms with Gasteiger partial charge in [-0.25, -0.2) is 4.39 Å². The van der Waals surface area contributed by atoms with Crippen LogP contribution in [0.5, 0.6) is 0 Å². The SMILES string of the molecule is FSC(F)I. The van der Waals surface area contributed by atoms with Crippen molar-refractivity contribution in [2.75, 3.05) is 0 Å². The van der Waals surface area contributed by atoms with Gasteiger partial charge in [-0.15, -0.1) is 0 Å². The van der Waals surface area contributed by atoms with Crippen LogP contribution in [0.25, 0.3) is 0 Å². The first-order valence-corrected chi connectivity index (χ1v) is 2.85. The summed E-state index contributed by atoms with van der Waals surface area (Å²) in [6, 6.07) is 0. The molecule has 4 heteroatoms. The first kappa shape index (κ1) is 5.94. The van der Waals surface area contributed by atoms with Crippen molar-refractivity contribution in [1.82, 2.24) is 0 Å². The van der Waals surface area contributed by atoms with E-state index in [0.29, 0.717) is 0 Å². The van der Waals surface area contributed by atoms with Crippen LogP contribution in [0.4, 0.5) is 8.28 Å². The summed E-state index contributed by atoms with van der Waals surface area (Å²) in [5, 5.41) is 0. The van der Waals surface area contributed by atoms with Crippen LogP contribution < -0.4 is 0 Å². The highest BCUT2D eigenvalue weighted by Gasteiger charge is 1.93. The predicted molar refractivity (Wildman–Crippen MR) is 27.6 cm³/mol. The molecule has 0 radical (unpaired) electrons. The zero-order valence-electron chi connectivity index (χ0n) is 2.12. The summed E-state index contributed by atoms with van der Waals surface area (Å²) in [7, 11) is 0. The third-order valence-electron chi connectivity index (χ3n) is 0.0673. The van der Waals surface area contributed by atoms with E-state index in [0.717, 1.165) is 0 Å². The minimum absolute atomic E-state index is 0.300. The van der Waals surface area contributed by atoms with E-state index >= 15 is 0 Å². The van der Waals surface area contributed by atoms with E-state index in [1.807, 2.05) is 0 Å². The summed E-state index contributed by atoms with van der Waals surface area (Å²) >= 11 is 1.03. The van der Waals surface area contributed by atoms with E-state index in [2.05, 4.69) is 0 Å². The van der Waals surface area contributed by atoms with E-state index in [-0.39, 0.29) is 12.1 Å². The fourth-order valence-electron chi connectivity index (χ4n) is 0. The van der Waals surface area contributed by atoms with Gasteiger partial charge in [0.25, 0.3) is 0 Å². The fraction of sp³-hybridized carbons (Fsp3) is 1.00. The Balaban J connectivity index is 2.54. The van der Waals surface area contributed by atoms with Crippen molar-refractivity contribution in [3.8, 4) is 0 Å². The second kappa shape index (κ2) is 3.14. The Bertz CT molecular complexity index is 23.6. The Morgan fingerprint density at radius 3 is 2.00 bits per heavy atom. The first-order valence-electron chi connectivity index (χ1n) is 0.826. The molecule has 0 aliphatic rings. The van der Waals surface area contributed by atoms with E-state index in [9.17, 15) is 8.28 Å². The molecule has 32 valence electrons. The number of hydrogen-bond donors (Lipinski definition) is 0. The third-order valence-corrected chi connectivity index (χ3v) is 0.779. The van der Waals surface area contributed by atoms with Crippen LogP contribution in [0.2, 0.25) is 0 Å². The zero-order valence-corrected chi connectivity index (χ0v) is 5.09. The molecule has 0 saturated heterocycles. The summed E-state index contributed by atoms with van der Waals surface area (Å²) in [4.78, 5) is 0. The van der Waals surface area contributed by atoms with Gasteiger partial charge in [-0.1, -0.05) is 0 Å². The van der Waals surface area contributed by atoms with Crippen LogP contribution in [0.3, 0.4) is 0 Å². The summed E-state index contributed by atoms with van der Waals surface area (Å²) in [5.41, 5.74) is 0. The lowest BCUT2D eigenvalue weighted by Gasteiger charge is -1.78. The molecule has 0 aliphatic carbocycles. The van der Waals surface area contributed by atoms with Crippen molar-refractivity contribution < 1.29 is 8.28 Å². The van der Waals surface area contributed by atoms with Gasteiger partial charge in [-0.3, -0.25) is 0 Å². The Morgan fingerprint density at radius 1 is 1.80 bits per heavy atom. The quantitative estimate of drug-likeness (QED) is 0.472. The molecule has 0 heterocycles. The minimum Gasteiger partial charge on any atom is -0.221 e. The largest absolute Gasteiger partial charge is 0.226 e. The molecule has 0 spiro atoms. The van der Waals surface area contributed by atoms with Gasteiger partial charge in [0, 0.05) is 0 Å². The molecule has 0 N–H and O–H groups in total. The molecule has 0 nitrogen and oxygen atoms in total. The summed E-state index contributed by atoms with van der Waals surface area (Å²) in [6.07, 6.45) is 0. The third kappa shape index (κ3) is 4.94. The highest BCUT2D eigenvalue weighted by atomic mass is 127. The van der Waals surface area contributed by atoms with Gasteiger partial charge < -0.3 is 0 Å². The maximum atomic E-state index is 11.0. The molecule has 0 aromatic rings. The lowest BCUT2D eigenvalue weighted by atomic mass is 11.8. The second-order valence-corrected chi connectivity index (χ2v) is 2.88. The summed E-state index contributed by atoms with van der Waals surface area (Å²) in [5.74, 6) is 0. The second-order valence-electron chi connectivity index (χ2n) is 0.350. The highest BCUT2D eigenvalue weighted by Crippen LogP contribution is 2.18. The van der Waals surface area contributed by atoms with Gasteiger partial charge in [0.15, 0.2) is 0 Å². The maximum absolute atomic E-state index is 11.0. The van der Waals surface area contributed by atoms with Crippen molar-refractivity contribution in [3.05, 3.63) is 0 Å². The van der Waals surface area contributed by atoms with E-state index in [1.165, 1.54) is 22.6 Å². The number of halogens is 3. The average Bonchev–Trinajstić information content (AvgIpc) is 1.38. The van der Waals surface area contributed by atoms with E-state index < -0.39 is 3.51 Å². The van der Waals surface area contributed by atoms with Gasteiger partial charge in [0.05, 0.1) is 12.1 Å². The van der Waals surface area contributed by atoms with E-state index in [4.69, 9.17) is 0 Å². The highest BCUT2D eigenvalue weighted by molar-refractivity contribution is 14.1. The maximum Gasteiger partial charge on any atom is 0.226 e. The van der Waals surface area contributed by atoms with Crippen molar-refractivity contribution in [2.24, 2.45) is 0 Å². The zero-order chi connectivity index (χ0) is 4.28. The minimum atomic E-state index is -1.40. The Kier molecular flexibility index (Phi) is 3.73. The summed E-state index contributed by atoms with van der Waals surface area (Å²) < 4.78 is 20.3. The van der Waals surface area contributed by atoms with Gasteiger partial charge in [-0.2, -0.15) is 3.89 Å². The Morgan fingerprint density at radius 2 is 2.00 bits per heavy atom. The smallest absolute Gasteiger partial charge is 0.221 e. The van der Waals surface area contributed by atoms with Crippen LogP contribution in [0.15, 0.2) is 0 Å². The molecule has 0 rings (SSSR count). The lowest BCUT2D eigenvalue weighted by Crippen LogP contribution is -1.64. The first-order chi connectivity index (χ1) is 2.27. The molecule has 0 amide bonds. The molecule has 0 aromatic heterocycles. The Hall–Kier alpha value is 0.940. The fourth-order valence-corrected chi connectivity index (χ4v) is 0. The molecule has 0 aliphatic heterocycles. The molecule has 0 bridgehead atoms. The van der Waals surface area contributed by atoms with Crippen LogP contribution in [0, 0.1) is 0 Å². The molecule has 0 fully saturated rings. The predicted octanol–water partition coefficient (Wildman–Crippen LogP) is 2.29. The molecule has 0 saturated carbocycles. The van der Waals surface area contributed by atoms with Crippen LogP contribution >= 0.6 is 34.7 Å². The van der Waals surface area contributed by atoms with Crippen LogP contribution in [0.1, 0.15) is 0 Å². The Labute approximate surface area is 46.8 Å². The van der Waals surface area contributed by atoms with Crippen molar-refractivity contribution in [1.29, 1.82) is 0 Å². The lowest BCUT2D eigenvalue weighted by molar-refractivity contribution is 0.577. The molecule has 1 unspecified atom stereocenters. The van der Waals surface area contributed by atoms with Gasteiger partial charge >= 0.3 is 0 Å². The topological polar surface area (TPSA) is 0 Å².